The highest BCUT2D eigenvalue weighted by Crippen LogP contribution is 2.20. The van der Waals surface area contributed by atoms with Crippen molar-refractivity contribution in [2.75, 3.05) is 13.1 Å². The number of carboxylic acid groups (broad SMARTS) is 2. The van der Waals surface area contributed by atoms with Crippen molar-refractivity contribution in [1.82, 2.24) is 15.5 Å². The predicted octanol–water partition coefficient (Wildman–Crippen LogP) is -2.16. The molecule has 0 aromatic heterocycles. The van der Waals surface area contributed by atoms with E-state index < -0.39 is 60.2 Å². The predicted molar refractivity (Wildman–Crippen MR) is 138 cm³/mol. The van der Waals surface area contributed by atoms with Crippen molar-refractivity contribution in [1.29, 1.82) is 0 Å². The van der Waals surface area contributed by atoms with Crippen LogP contribution in [-0.2, 0) is 30.4 Å². The lowest BCUT2D eigenvalue weighted by molar-refractivity contribution is -0.144. The summed E-state index contributed by atoms with van der Waals surface area (Å²) in [7, 11) is 0. The summed E-state index contributed by atoms with van der Waals surface area (Å²) in [6.07, 6.45) is 0.284. The van der Waals surface area contributed by atoms with E-state index in [-0.39, 0.29) is 50.5 Å². The topological polar surface area (TPSA) is 264 Å². The Hall–Kier alpha value is -4.40. The molecule has 1 fully saturated rings. The Balaban J connectivity index is 2.05. The Kier molecular flexibility index (Phi) is 11.5. The normalized spacial score (nSPS) is 16.9. The zero-order valence-electron chi connectivity index (χ0n) is 21.3. The number of phenols is 1. The number of phenolic OH excluding ortho intramolecular Hbond substituents is 1. The number of rotatable bonds is 14. The molecule has 39 heavy (non-hydrogen) atoms. The SMILES string of the molecule is NC(N)=NCCCC(NC(=O)C(CC(=O)O)NC(=O)C1CCCN1C(=O)C(N)Cc1ccc(O)cc1)C(=O)O. The minimum atomic E-state index is -1.59. The lowest BCUT2D eigenvalue weighted by Gasteiger charge is -2.28. The van der Waals surface area contributed by atoms with Crippen molar-refractivity contribution in [2.45, 2.75) is 62.7 Å². The molecule has 214 valence electrons. The Morgan fingerprint density at radius 1 is 1.05 bits per heavy atom. The number of hydrogen-bond acceptors (Lipinski definition) is 8. The Morgan fingerprint density at radius 2 is 1.72 bits per heavy atom. The van der Waals surface area contributed by atoms with Gasteiger partial charge in [-0.05, 0) is 49.8 Å². The third kappa shape index (κ3) is 9.77. The molecule has 15 nitrogen and oxygen atoms in total. The molecule has 2 rings (SSSR count). The Bertz CT molecular complexity index is 1070. The summed E-state index contributed by atoms with van der Waals surface area (Å²) in [5.74, 6) is -5.11. The molecule has 11 N–H and O–H groups in total. The first-order valence-corrected chi connectivity index (χ1v) is 12.3. The number of likely N-dealkylation sites (tertiary alicyclic amines) is 1. The molecule has 1 aliphatic rings. The second-order valence-electron chi connectivity index (χ2n) is 9.17. The average molecular weight is 550 g/mol. The van der Waals surface area contributed by atoms with Crippen LogP contribution in [0.5, 0.6) is 5.75 Å². The molecule has 0 saturated carbocycles. The Morgan fingerprint density at radius 3 is 2.31 bits per heavy atom. The number of benzene rings is 1. The van der Waals surface area contributed by atoms with Gasteiger partial charge in [0.15, 0.2) is 5.96 Å². The molecule has 1 saturated heterocycles. The van der Waals surface area contributed by atoms with E-state index in [0.717, 1.165) is 0 Å². The number of hydrogen-bond donors (Lipinski definition) is 8. The van der Waals surface area contributed by atoms with Crippen molar-refractivity contribution in [2.24, 2.45) is 22.2 Å². The molecule has 1 aliphatic heterocycles. The van der Waals surface area contributed by atoms with Gasteiger partial charge in [-0.15, -0.1) is 0 Å². The highest BCUT2D eigenvalue weighted by Gasteiger charge is 2.38. The molecular formula is C24H35N7O8. The van der Waals surface area contributed by atoms with Gasteiger partial charge >= 0.3 is 11.9 Å². The van der Waals surface area contributed by atoms with Crippen LogP contribution in [0.3, 0.4) is 0 Å². The maximum atomic E-state index is 13.1. The van der Waals surface area contributed by atoms with Crippen LogP contribution in [0, 0.1) is 0 Å². The van der Waals surface area contributed by atoms with Gasteiger partial charge in [0, 0.05) is 13.1 Å². The molecule has 0 radical (unpaired) electrons. The number of amides is 3. The first-order valence-electron chi connectivity index (χ1n) is 12.3. The van der Waals surface area contributed by atoms with Crippen LogP contribution in [0.2, 0.25) is 0 Å². The highest BCUT2D eigenvalue weighted by atomic mass is 16.4. The number of carbonyl (C=O) groups is 5. The first-order chi connectivity index (χ1) is 18.4. The van der Waals surface area contributed by atoms with Crippen LogP contribution >= 0.6 is 0 Å². The monoisotopic (exact) mass is 549 g/mol. The van der Waals surface area contributed by atoms with Gasteiger partial charge < -0.3 is 48.1 Å². The van der Waals surface area contributed by atoms with Crippen LogP contribution in [0.1, 0.15) is 37.7 Å². The second kappa shape index (κ2) is 14.5. The Labute approximate surface area is 224 Å². The van der Waals surface area contributed by atoms with Crippen molar-refractivity contribution in [3.05, 3.63) is 29.8 Å². The number of aliphatic imine (C=N–C) groups is 1. The van der Waals surface area contributed by atoms with E-state index in [9.17, 15) is 39.3 Å². The zero-order chi connectivity index (χ0) is 29.1. The fraction of sp³-hybridized carbons (Fsp3) is 0.500. The third-order valence-electron chi connectivity index (χ3n) is 6.12. The average Bonchev–Trinajstić information content (AvgIpc) is 3.35. The summed E-state index contributed by atoms with van der Waals surface area (Å²) in [4.78, 5) is 66.9. The van der Waals surface area contributed by atoms with Crippen molar-refractivity contribution in [3.8, 4) is 5.75 Å². The summed E-state index contributed by atoms with van der Waals surface area (Å²) >= 11 is 0. The number of nitrogens with one attached hydrogen (secondary N) is 2. The highest BCUT2D eigenvalue weighted by molar-refractivity contribution is 5.95. The van der Waals surface area contributed by atoms with E-state index in [2.05, 4.69) is 15.6 Å². The van der Waals surface area contributed by atoms with Gasteiger partial charge in [0.2, 0.25) is 17.7 Å². The molecule has 15 heteroatoms. The van der Waals surface area contributed by atoms with Crippen molar-refractivity contribution in [3.63, 3.8) is 0 Å². The molecule has 1 heterocycles. The van der Waals surface area contributed by atoms with E-state index in [4.69, 9.17) is 17.2 Å². The van der Waals surface area contributed by atoms with Crippen molar-refractivity contribution < 1.29 is 39.3 Å². The summed E-state index contributed by atoms with van der Waals surface area (Å²) in [5.41, 5.74) is 17.2. The number of nitrogens with two attached hydrogens (primary N) is 3. The van der Waals surface area contributed by atoms with Crippen LogP contribution in [0.15, 0.2) is 29.3 Å². The van der Waals surface area contributed by atoms with E-state index >= 15 is 0 Å². The lowest BCUT2D eigenvalue weighted by Crippen LogP contribution is -2.57. The smallest absolute Gasteiger partial charge is 0.326 e. The van der Waals surface area contributed by atoms with Gasteiger partial charge in [-0.25, -0.2) is 4.79 Å². The summed E-state index contributed by atoms with van der Waals surface area (Å²) in [6, 6.07) is 1.25. The number of carboxylic acids is 2. The van der Waals surface area contributed by atoms with E-state index in [1.54, 1.807) is 12.1 Å². The molecule has 0 aliphatic carbocycles. The first kappa shape index (κ1) is 30.8. The zero-order valence-corrected chi connectivity index (χ0v) is 21.3. The molecule has 0 bridgehead atoms. The number of nitrogens with zero attached hydrogens (tertiary/aromatic N) is 2. The standard InChI is InChI=1S/C24H35N7O8/c25-15(11-13-5-7-14(32)8-6-13)22(37)31-10-2-4-18(31)21(36)30-17(12-19(33)34)20(35)29-16(23(38)39)3-1-9-28-24(26)27/h5-8,15-18,32H,1-4,9-12,25H2,(H,29,35)(H,30,36)(H,33,34)(H,38,39)(H4,26,27,28). The minimum Gasteiger partial charge on any atom is -0.508 e. The van der Waals surface area contributed by atoms with E-state index in [0.29, 0.717) is 12.0 Å². The van der Waals surface area contributed by atoms with Gasteiger partial charge in [0.1, 0.15) is 23.9 Å². The lowest BCUT2D eigenvalue weighted by atomic mass is 10.0. The van der Waals surface area contributed by atoms with Crippen LogP contribution in [-0.4, -0.2) is 93.1 Å². The third-order valence-corrected chi connectivity index (χ3v) is 6.12. The van der Waals surface area contributed by atoms with Crippen molar-refractivity contribution >= 4 is 35.6 Å². The summed E-state index contributed by atoms with van der Waals surface area (Å²) < 4.78 is 0. The number of aromatic hydroxyl groups is 1. The van der Waals surface area contributed by atoms with Crippen LogP contribution in [0.4, 0.5) is 0 Å². The molecule has 1 aromatic rings. The molecule has 1 aromatic carbocycles. The van der Waals surface area contributed by atoms with Gasteiger partial charge in [0.05, 0.1) is 12.5 Å². The molecule has 4 unspecified atom stereocenters. The second-order valence-corrected chi connectivity index (χ2v) is 9.17. The minimum absolute atomic E-state index is 0.0462. The largest absolute Gasteiger partial charge is 0.508 e. The van der Waals surface area contributed by atoms with E-state index in [1.807, 2.05) is 0 Å². The van der Waals surface area contributed by atoms with E-state index in [1.165, 1.54) is 17.0 Å². The van der Waals surface area contributed by atoms with Crippen LogP contribution in [0.25, 0.3) is 0 Å². The quantitative estimate of drug-likeness (QED) is 0.0703. The maximum Gasteiger partial charge on any atom is 0.326 e. The fourth-order valence-electron chi connectivity index (χ4n) is 4.17. The van der Waals surface area contributed by atoms with Gasteiger partial charge in [-0.3, -0.25) is 24.2 Å². The van der Waals surface area contributed by atoms with Gasteiger partial charge in [-0.2, -0.15) is 0 Å². The number of aliphatic carboxylic acids is 2. The molecule has 3 amide bonds. The van der Waals surface area contributed by atoms with Crippen LogP contribution < -0.4 is 27.8 Å². The van der Waals surface area contributed by atoms with Gasteiger partial charge in [0.25, 0.3) is 0 Å². The van der Waals surface area contributed by atoms with Gasteiger partial charge in [-0.1, -0.05) is 12.1 Å². The molecule has 0 spiro atoms. The summed E-state index contributed by atoms with van der Waals surface area (Å²) in [6.45, 7) is 0.366. The maximum absolute atomic E-state index is 13.1. The summed E-state index contributed by atoms with van der Waals surface area (Å²) in [5, 5.41) is 32.7. The molecular weight excluding hydrogens is 514 g/mol. The fourth-order valence-corrected chi connectivity index (χ4v) is 4.17. The number of guanidine groups is 1. The number of carbonyl (C=O) groups excluding carboxylic acids is 3. The molecule has 4 atom stereocenters.